The number of carbonyl (C=O) groups is 2. The Morgan fingerprint density at radius 3 is 2.58 bits per heavy atom. The van der Waals surface area contributed by atoms with E-state index in [0.717, 1.165) is 28.1 Å². The molecule has 2 atom stereocenters. The van der Waals surface area contributed by atoms with Crippen molar-refractivity contribution < 1.29 is 9.59 Å². The lowest BCUT2D eigenvalue weighted by molar-refractivity contribution is -0.120. The first-order chi connectivity index (χ1) is 15.8. The van der Waals surface area contributed by atoms with Gasteiger partial charge in [-0.3, -0.25) is 24.5 Å². The van der Waals surface area contributed by atoms with E-state index >= 15 is 0 Å². The molecule has 3 aromatic rings. The van der Waals surface area contributed by atoms with Crippen molar-refractivity contribution in [3.05, 3.63) is 77.0 Å². The highest BCUT2D eigenvalue weighted by molar-refractivity contribution is 5.96. The van der Waals surface area contributed by atoms with Crippen LogP contribution in [0.5, 0.6) is 0 Å². The molecule has 3 heterocycles. The van der Waals surface area contributed by atoms with E-state index in [0.29, 0.717) is 23.7 Å². The van der Waals surface area contributed by atoms with Crippen molar-refractivity contribution in [2.24, 2.45) is 11.8 Å². The highest BCUT2D eigenvalue weighted by atomic mass is 16.2. The van der Waals surface area contributed by atoms with Gasteiger partial charge in [-0.1, -0.05) is 19.9 Å². The van der Waals surface area contributed by atoms with E-state index < -0.39 is 0 Å². The molecule has 2 N–H and O–H groups in total. The Morgan fingerprint density at radius 1 is 1.09 bits per heavy atom. The molecule has 0 bridgehead atoms. The average molecular weight is 444 g/mol. The predicted octanol–water partition coefficient (Wildman–Crippen LogP) is 3.57. The minimum absolute atomic E-state index is 0.00371. The summed E-state index contributed by atoms with van der Waals surface area (Å²) in [6.07, 6.45) is 5.13. The van der Waals surface area contributed by atoms with E-state index in [1.165, 1.54) is 0 Å². The van der Waals surface area contributed by atoms with Gasteiger partial charge in [0.25, 0.3) is 5.91 Å². The van der Waals surface area contributed by atoms with E-state index in [-0.39, 0.29) is 30.2 Å². The number of nitrogens with one attached hydrogen (secondary N) is 2. The van der Waals surface area contributed by atoms with Gasteiger partial charge in [-0.25, -0.2) is 0 Å². The summed E-state index contributed by atoms with van der Waals surface area (Å²) < 4.78 is 0. The Morgan fingerprint density at radius 2 is 1.91 bits per heavy atom. The van der Waals surface area contributed by atoms with Crippen molar-refractivity contribution >= 4 is 11.8 Å². The lowest BCUT2D eigenvalue weighted by Crippen LogP contribution is -2.25. The van der Waals surface area contributed by atoms with Gasteiger partial charge < -0.3 is 10.6 Å². The molecule has 2 aromatic heterocycles. The molecule has 0 radical (unpaired) electrons. The van der Waals surface area contributed by atoms with Crippen LogP contribution in [0, 0.1) is 25.7 Å². The molecule has 1 fully saturated rings. The summed E-state index contributed by atoms with van der Waals surface area (Å²) in [6.45, 7) is 9.01. The molecule has 170 valence electrons. The van der Waals surface area contributed by atoms with Crippen molar-refractivity contribution in [1.29, 1.82) is 0 Å². The summed E-state index contributed by atoms with van der Waals surface area (Å²) in [7, 11) is 0. The zero-order valence-electron chi connectivity index (χ0n) is 19.4. The first kappa shape index (κ1) is 22.6. The van der Waals surface area contributed by atoms with E-state index in [9.17, 15) is 9.59 Å². The maximum absolute atomic E-state index is 13.1. The molecule has 0 saturated carbocycles. The first-order valence-electron chi connectivity index (χ1n) is 11.2. The van der Waals surface area contributed by atoms with Crippen LogP contribution in [0.2, 0.25) is 0 Å². The molecule has 7 nitrogen and oxygen atoms in total. The third-order valence-corrected chi connectivity index (χ3v) is 6.13. The van der Waals surface area contributed by atoms with E-state index in [2.05, 4.69) is 39.4 Å². The largest absolute Gasteiger partial charge is 0.355 e. The molecule has 1 saturated heterocycles. The first-order valence-corrected chi connectivity index (χ1v) is 11.2. The van der Waals surface area contributed by atoms with Gasteiger partial charge in [-0.05, 0) is 61.1 Å². The third-order valence-electron chi connectivity index (χ3n) is 6.13. The number of benzene rings is 1. The predicted molar refractivity (Wildman–Crippen MR) is 126 cm³/mol. The minimum atomic E-state index is -0.301. The molecule has 1 aliphatic heterocycles. The Labute approximate surface area is 194 Å². The van der Waals surface area contributed by atoms with Gasteiger partial charge in [0.2, 0.25) is 5.91 Å². The fraction of sp³-hybridized carbons (Fsp3) is 0.346. The Balaban J connectivity index is 1.69. The fourth-order valence-corrected chi connectivity index (χ4v) is 4.19. The van der Waals surface area contributed by atoms with Gasteiger partial charge >= 0.3 is 0 Å². The van der Waals surface area contributed by atoms with Crippen LogP contribution in [0.1, 0.15) is 52.6 Å². The highest BCUT2D eigenvalue weighted by Crippen LogP contribution is 2.36. The van der Waals surface area contributed by atoms with Crippen LogP contribution in [-0.2, 0) is 11.3 Å². The lowest BCUT2D eigenvalue weighted by Gasteiger charge is -2.22. The van der Waals surface area contributed by atoms with Crippen molar-refractivity contribution in [2.75, 3.05) is 6.54 Å². The summed E-state index contributed by atoms with van der Waals surface area (Å²) in [5, 5.41) is 5.92. The van der Waals surface area contributed by atoms with Crippen molar-refractivity contribution in [2.45, 2.75) is 40.2 Å². The van der Waals surface area contributed by atoms with Crippen molar-refractivity contribution in [1.82, 2.24) is 25.6 Å². The number of amides is 2. The standard InChI is InChI=1S/C26H29N5O2/c1-15(2)22-14-31-26(33)24(22)19-7-18(23-6-5-16(3)10-29-23)8-20(9-19)25(32)30-13-21-12-27-17(4)11-28-21/h5-12,15,22,24H,13-14H2,1-4H3,(H,30,32)(H,31,33)/t22?,24-/m0/s1. The second-order valence-corrected chi connectivity index (χ2v) is 9.03. The Hall–Kier alpha value is -3.61. The summed E-state index contributed by atoms with van der Waals surface area (Å²) in [4.78, 5) is 38.9. The number of rotatable bonds is 6. The van der Waals surface area contributed by atoms with Gasteiger partial charge in [0, 0.05) is 30.1 Å². The molecule has 0 aliphatic carbocycles. The molecule has 4 rings (SSSR count). The molecule has 33 heavy (non-hydrogen) atoms. The van der Waals surface area contributed by atoms with Gasteiger partial charge in [-0.2, -0.15) is 0 Å². The Kier molecular flexibility index (Phi) is 6.49. The number of hydrogen-bond donors (Lipinski definition) is 2. The van der Waals surface area contributed by atoms with Crippen molar-refractivity contribution in [3.8, 4) is 11.3 Å². The molecule has 2 amide bonds. The maximum atomic E-state index is 13.1. The number of nitrogens with zero attached hydrogens (tertiary/aromatic N) is 3. The van der Waals surface area contributed by atoms with E-state index in [1.54, 1.807) is 18.6 Å². The Bertz CT molecular complexity index is 1160. The number of aromatic nitrogens is 3. The molecule has 0 spiro atoms. The lowest BCUT2D eigenvalue weighted by atomic mass is 9.80. The zero-order valence-corrected chi connectivity index (χ0v) is 19.4. The number of carbonyl (C=O) groups excluding carboxylic acids is 2. The van der Waals surface area contributed by atoms with Crippen LogP contribution < -0.4 is 10.6 Å². The minimum Gasteiger partial charge on any atom is -0.355 e. The summed E-state index contributed by atoms with van der Waals surface area (Å²) in [6, 6.07) is 9.58. The van der Waals surface area contributed by atoms with E-state index in [4.69, 9.17) is 0 Å². The summed E-state index contributed by atoms with van der Waals surface area (Å²) >= 11 is 0. The normalized spacial score (nSPS) is 17.8. The summed E-state index contributed by atoms with van der Waals surface area (Å²) in [5.74, 6) is -0.0361. The summed E-state index contributed by atoms with van der Waals surface area (Å²) in [5.41, 5.74) is 5.47. The molecule has 1 aromatic carbocycles. The van der Waals surface area contributed by atoms with Crippen LogP contribution in [0.15, 0.2) is 48.9 Å². The number of pyridine rings is 1. The van der Waals surface area contributed by atoms with Crippen LogP contribution in [0.3, 0.4) is 0 Å². The zero-order chi connectivity index (χ0) is 23.5. The quantitative estimate of drug-likeness (QED) is 0.607. The SMILES string of the molecule is Cc1ccc(-c2cc(C(=O)NCc3cnc(C)cn3)cc([C@@H]3C(=O)NCC3C(C)C)c2)nc1. The topological polar surface area (TPSA) is 96.9 Å². The second-order valence-electron chi connectivity index (χ2n) is 9.03. The smallest absolute Gasteiger partial charge is 0.251 e. The fourth-order valence-electron chi connectivity index (χ4n) is 4.19. The van der Waals surface area contributed by atoms with Crippen LogP contribution in [0.4, 0.5) is 0 Å². The third kappa shape index (κ3) is 5.08. The van der Waals surface area contributed by atoms with E-state index in [1.807, 2.05) is 44.2 Å². The number of aryl methyl sites for hydroxylation is 2. The van der Waals surface area contributed by atoms with Crippen LogP contribution in [-0.4, -0.2) is 33.3 Å². The van der Waals surface area contributed by atoms with Crippen LogP contribution >= 0.6 is 0 Å². The van der Waals surface area contributed by atoms with Gasteiger partial charge in [0.05, 0.1) is 35.7 Å². The number of hydrogen-bond acceptors (Lipinski definition) is 5. The highest BCUT2D eigenvalue weighted by Gasteiger charge is 2.38. The molecule has 1 aliphatic rings. The second kappa shape index (κ2) is 9.48. The molecular weight excluding hydrogens is 414 g/mol. The monoisotopic (exact) mass is 443 g/mol. The molecule has 1 unspecified atom stereocenters. The molecule has 7 heteroatoms. The molecular formula is C26H29N5O2. The van der Waals surface area contributed by atoms with Gasteiger partial charge in [0.15, 0.2) is 0 Å². The van der Waals surface area contributed by atoms with Crippen LogP contribution in [0.25, 0.3) is 11.3 Å². The van der Waals surface area contributed by atoms with Gasteiger partial charge in [0.1, 0.15) is 0 Å². The van der Waals surface area contributed by atoms with Crippen molar-refractivity contribution in [3.63, 3.8) is 0 Å². The average Bonchev–Trinajstić information content (AvgIpc) is 3.20. The van der Waals surface area contributed by atoms with Gasteiger partial charge in [-0.15, -0.1) is 0 Å². The maximum Gasteiger partial charge on any atom is 0.251 e.